The van der Waals surface area contributed by atoms with Crippen LogP contribution < -0.4 is 5.32 Å². The third kappa shape index (κ3) is 2.30. The lowest BCUT2D eigenvalue weighted by atomic mass is 10.2. The number of carbonyl (C=O) groups is 1. The van der Waals surface area contributed by atoms with Crippen molar-refractivity contribution in [2.75, 3.05) is 5.32 Å². The van der Waals surface area contributed by atoms with Gasteiger partial charge in [-0.1, -0.05) is 23.7 Å². The molecule has 5 heteroatoms. The topological polar surface area (TPSA) is 55.1 Å². The first-order valence-corrected chi connectivity index (χ1v) is 6.01. The molecule has 94 valence electrons. The highest BCUT2D eigenvalue weighted by atomic mass is 35.5. The van der Waals surface area contributed by atoms with E-state index in [-0.39, 0.29) is 5.91 Å². The van der Waals surface area contributed by atoms with E-state index in [2.05, 4.69) is 10.3 Å². The minimum atomic E-state index is -0.238. The number of nitrogens with one attached hydrogen (secondary N) is 1. The molecule has 0 unspecified atom stereocenters. The average Bonchev–Trinajstić information content (AvgIpc) is 2.88. The van der Waals surface area contributed by atoms with Crippen molar-refractivity contribution in [2.45, 2.75) is 0 Å². The summed E-state index contributed by atoms with van der Waals surface area (Å²) < 4.78 is 5.13. The molecule has 0 aliphatic rings. The summed E-state index contributed by atoms with van der Waals surface area (Å²) in [5.74, 6) is -0.238. The van der Waals surface area contributed by atoms with Crippen molar-refractivity contribution >= 4 is 34.3 Å². The molecule has 1 N–H and O–H groups in total. The molecule has 0 saturated heterocycles. The maximum absolute atomic E-state index is 12.1. The fourth-order valence-corrected chi connectivity index (χ4v) is 1.94. The molecule has 0 radical (unpaired) electrons. The summed E-state index contributed by atoms with van der Waals surface area (Å²) >= 11 is 5.99. The van der Waals surface area contributed by atoms with Gasteiger partial charge in [-0.2, -0.15) is 0 Å². The van der Waals surface area contributed by atoms with E-state index < -0.39 is 0 Å². The van der Waals surface area contributed by atoms with Gasteiger partial charge in [-0.15, -0.1) is 0 Å². The van der Waals surface area contributed by atoms with Crippen molar-refractivity contribution in [3.8, 4) is 0 Å². The van der Waals surface area contributed by atoms with E-state index in [1.165, 1.54) is 6.39 Å². The van der Waals surface area contributed by atoms with E-state index in [1.807, 2.05) is 6.07 Å². The molecule has 0 bridgehead atoms. The summed E-state index contributed by atoms with van der Waals surface area (Å²) in [5.41, 5.74) is 2.37. The van der Waals surface area contributed by atoms with E-state index in [4.69, 9.17) is 16.0 Å². The number of aromatic nitrogens is 1. The van der Waals surface area contributed by atoms with Gasteiger partial charge in [0.05, 0.1) is 10.7 Å². The van der Waals surface area contributed by atoms with Crippen molar-refractivity contribution in [3.63, 3.8) is 0 Å². The molecular weight excluding hydrogens is 264 g/mol. The van der Waals surface area contributed by atoms with E-state index in [9.17, 15) is 4.79 Å². The van der Waals surface area contributed by atoms with Crippen molar-refractivity contribution < 1.29 is 9.21 Å². The van der Waals surface area contributed by atoms with Crippen molar-refractivity contribution in [3.05, 3.63) is 59.4 Å². The van der Waals surface area contributed by atoms with Crippen LogP contribution in [0.4, 0.5) is 5.69 Å². The van der Waals surface area contributed by atoms with Gasteiger partial charge >= 0.3 is 0 Å². The number of rotatable bonds is 2. The van der Waals surface area contributed by atoms with E-state index >= 15 is 0 Å². The lowest BCUT2D eigenvalue weighted by Gasteiger charge is -2.06. The van der Waals surface area contributed by atoms with Crippen LogP contribution in [0.25, 0.3) is 11.1 Å². The number of para-hydroxylation sites is 1. The minimum absolute atomic E-state index is 0.238. The molecule has 1 aromatic heterocycles. The largest absolute Gasteiger partial charge is 0.443 e. The lowest BCUT2D eigenvalue weighted by Crippen LogP contribution is -2.11. The Kier molecular flexibility index (Phi) is 2.93. The van der Waals surface area contributed by atoms with Crippen LogP contribution in [0.3, 0.4) is 0 Å². The summed E-state index contributed by atoms with van der Waals surface area (Å²) in [6.45, 7) is 0. The number of hydrogen-bond donors (Lipinski definition) is 1. The van der Waals surface area contributed by atoms with Gasteiger partial charge in [0.25, 0.3) is 5.91 Å². The summed E-state index contributed by atoms with van der Waals surface area (Å²) in [6.07, 6.45) is 1.35. The Hall–Kier alpha value is -2.33. The summed E-state index contributed by atoms with van der Waals surface area (Å²) in [7, 11) is 0. The van der Waals surface area contributed by atoms with Gasteiger partial charge in [0.2, 0.25) is 0 Å². The molecule has 4 nitrogen and oxygen atoms in total. The van der Waals surface area contributed by atoms with E-state index in [0.717, 1.165) is 0 Å². The highest BCUT2D eigenvalue weighted by Crippen LogP contribution is 2.22. The van der Waals surface area contributed by atoms with Crippen molar-refractivity contribution in [2.24, 2.45) is 0 Å². The second kappa shape index (κ2) is 4.74. The zero-order valence-electron chi connectivity index (χ0n) is 9.76. The van der Waals surface area contributed by atoms with Gasteiger partial charge in [0.15, 0.2) is 12.0 Å². The first kappa shape index (κ1) is 11.7. The summed E-state index contributed by atoms with van der Waals surface area (Å²) in [6, 6.07) is 12.1. The smallest absolute Gasteiger partial charge is 0.255 e. The Labute approximate surface area is 114 Å². The fourth-order valence-electron chi connectivity index (χ4n) is 1.76. The number of hydrogen-bond acceptors (Lipinski definition) is 3. The predicted molar refractivity (Wildman–Crippen MR) is 73.4 cm³/mol. The standard InChI is InChI=1S/C14H9ClN2O2/c15-10-3-1-2-4-11(10)17-14(18)9-5-6-13-12(7-9)16-8-19-13/h1-8H,(H,17,18). The molecule has 0 atom stereocenters. The number of anilines is 1. The Morgan fingerprint density at radius 2 is 2.05 bits per heavy atom. The van der Waals surface area contributed by atoms with Crippen LogP contribution in [0.1, 0.15) is 10.4 Å². The zero-order chi connectivity index (χ0) is 13.2. The van der Waals surface area contributed by atoms with Gasteiger partial charge in [-0.05, 0) is 30.3 Å². The summed E-state index contributed by atoms with van der Waals surface area (Å²) in [5, 5.41) is 3.25. The number of benzene rings is 2. The van der Waals surface area contributed by atoms with Crippen LogP contribution in [-0.2, 0) is 0 Å². The molecule has 0 fully saturated rings. The zero-order valence-corrected chi connectivity index (χ0v) is 10.5. The molecule has 1 heterocycles. The van der Waals surface area contributed by atoms with E-state index in [1.54, 1.807) is 36.4 Å². The maximum atomic E-state index is 12.1. The number of halogens is 1. The molecular formula is C14H9ClN2O2. The number of carbonyl (C=O) groups excluding carboxylic acids is 1. The average molecular weight is 273 g/mol. The van der Waals surface area contributed by atoms with Crippen LogP contribution in [0.2, 0.25) is 5.02 Å². The SMILES string of the molecule is O=C(Nc1ccccc1Cl)c1ccc2ocnc2c1. The van der Waals surface area contributed by atoms with Crippen LogP contribution in [0, 0.1) is 0 Å². The van der Waals surface area contributed by atoms with Crippen molar-refractivity contribution in [1.82, 2.24) is 4.98 Å². The Balaban J connectivity index is 1.89. The van der Waals surface area contributed by atoms with Crippen LogP contribution in [-0.4, -0.2) is 10.9 Å². The molecule has 1 amide bonds. The first-order chi connectivity index (χ1) is 9.24. The molecule has 0 spiro atoms. The monoisotopic (exact) mass is 272 g/mol. The molecule has 3 aromatic rings. The number of nitrogens with zero attached hydrogens (tertiary/aromatic N) is 1. The number of oxazole rings is 1. The van der Waals surface area contributed by atoms with Gasteiger partial charge < -0.3 is 9.73 Å². The predicted octanol–water partition coefficient (Wildman–Crippen LogP) is 3.73. The lowest BCUT2D eigenvalue weighted by molar-refractivity contribution is 0.102. The third-order valence-corrected chi connectivity index (χ3v) is 3.04. The maximum Gasteiger partial charge on any atom is 0.255 e. The minimum Gasteiger partial charge on any atom is -0.443 e. The molecule has 3 rings (SSSR count). The second-order valence-electron chi connectivity index (χ2n) is 3.97. The van der Waals surface area contributed by atoms with Gasteiger partial charge in [-0.25, -0.2) is 4.98 Å². The Morgan fingerprint density at radius 3 is 2.89 bits per heavy atom. The molecule has 0 saturated carbocycles. The highest BCUT2D eigenvalue weighted by molar-refractivity contribution is 6.33. The van der Waals surface area contributed by atoms with Crippen LogP contribution in [0.5, 0.6) is 0 Å². The van der Waals surface area contributed by atoms with Gasteiger partial charge in [0.1, 0.15) is 5.52 Å². The molecule has 0 aliphatic heterocycles. The third-order valence-electron chi connectivity index (χ3n) is 2.71. The second-order valence-corrected chi connectivity index (χ2v) is 4.38. The number of amides is 1. The molecule has 2 aromatic carbocycles. The summed E-state index contributed by atoms with van der Waals surface area (Å²) in [4.78, 5) is 16.1. The highest BCUT2D eigenvalue weighted by Gasteiger charge is 2.10. The van der Waals surface area contributed by atoms with E-state index in [0.29, 0.717) is 27.4 Å². The van der Waals surface area contributed by atoms with Crippen LogP contribution >= 0.6 is 11.6 Å². The Morgan fingerprint density at radius 1 is 1.21 bits per heavy atom. The normalized spacial score (nSPS) is 10.6. The number of fused-ring (bicyclic) bond motifs is 1. The van der Waals surface area contributed by atoms with Crippen LogP contribution in [0.15, 0.2) is 53.3 Å². The molecule has 0 aliphatic carbocycles. The van der Waals surface area contributed by atoms with Crippen molar-refractivity contribution in [1.29, 1.82) is 0 Å². The fraction of sp³-hybridized carbons (Fsp3) is 0. The van der Waals surface area contributed by atoms with Gasteiger partial charge in [0, 0.05) is 5.56 Å². The Bertz CT molecular complexity index is 752. The quantitative estimate of drug-likeness (QED) is 0.773. The van der Waals surface area contributed by atoms with Gasteiger partial charge in [-0.3, -0.25) is 4.79 Å². The molecule has 19 heavy (non-hydrogen) atoms. The first-order valence-electron chi connectivity index (χ1n) is 5.63.